The second kappa shape index (κ2) is 5.89. The summed E-state index contributed by atoms with van der Waals surface area (Å²) in [7, 11) is 0. The van der Waals surface area contributed by atoms with Crippen LogP contribution in [0.3, 0.4) is 0 Å². The third kappa shape index (κ3) is 2.42. The molecule has 5 atom stereocenters. The van der Waals surface area contributed by atoms with Gasteiger partial charge in [0.2, 0.25) is 0 Å². The van der Waals surface area contributed by atoms with Crippen LogP contribution in [0.5, 0.6) is 0 Å². The smallest absolute Gasteiger partial charge is 0.280 e. The fraction of sp³-hybridized carbons (Fsp3) is 0.389. The van der Waals surface area contributed by atoms with Crippen LogP contribution in [0.1, 0.15) is 36.4 Å². The van der Waals surface area contributed by atoms with E-state index in [1.165, 1.54) is 17.0 Å². The van der Waals surface area contributed by atoms with Gasteiger partial charge in [-0.3, -0.25) is 4.98 Å². The van der Waals surface area contributed by atoms with E-state index in [1.807, 2.05) is 0 Å². The second-order valence-electron chi connectivity index (χ2n) is 7.41. The molecule has 1 aliphatic heterocycles. The summed E-state index contributed by atoms with van der Waals surface area (Å²) in [6.07, 6.45) is -2.63. The van der Waals surface area contributed by atoms with Crippen molar-refractivity contribution >= 4 is 16.9 Å². The molecule has 29 heavy (non-hydrogen) atoms. The molecule has 0 unspecified atom stereocenters. The number of aliphatic hydroxyl groups is 3. The summed E-state index contributed by atoms with van der Waals surface area (Å²) in [6, 6.07) is 4.06. The van der Waals surface area contributed by atoms with E-state index < -0.39 is 41.8 Å². The zero-order valence-corrected chi connectivity index (χ0v) is 14.9. The van der Waals surface area contributed by atoms with E-state index in [2.05, 4.69) is 15.0 Å². The highest BCUT2D eigenvalue weighted by Crippen LogP contribution is 2.65. The van der Waals surface area contributed by atoms with Gasteiger partial charge in [0.15, 0.2) is 6.23 Å². The number of nitrogen functional groups attached to an aromatic ring is 1. The molecule has 11 heteroatoms. The number of fused-ring (bicyclic) bond motifs is 2. The third-order valence-corrected chi connectivity index (χ3v) is 5.77. The molecule has 0 aromatic carbocycles. The molecule has 0 radical (unpaired) electrons. The number of hydrogen-bond donors (Lipinski definition) is 4. The lowest BCUT2D eigenvalue weighted by Gasteiger charge is -2.25. The van der Waals surface area contributed by atoms with Crippen molar-refractivity contribution < 1.29 is 28.8 Å². The van der Waals surface area contributed by atoms with Gasteiger partial charge >= 0.3 is 0 Å². The first kappa shape index (κ1) is 18.3. The Kier molecular flexibility index (Phi) is 3.72. The molecule has 3 aromatic rings. The van der Waals surface area contributed by atoms with E-state index in [4.69, 9.17) is 10.5 Å². The Morgan fingerprint density at radius 2 is 2.00 bits per heavy atom. The Hall–Kier alpha value is -2.73. The maximum absolute atomic E-state index is 12.9. The molecule has 2 fully saturated rings. The van der Waals surface area contributed by atoms with Crippen molar-refractivity contribution in [2.24, 2.45) is 0 Å². The number of halogens is 2. The first-order valence-electron chi connectivity index (χ1n) is 8.85. The van der Waals surface area contributed by atoms with Gasteiger partial charge in [-0.25, -0.2) is 18.7 Å². The number of aromatic nitrogens is 4. The van der Waals surface area contributed by atoms with Crippen molar-refractivity contribution in [1.82, 2.24) is 19.5 Å². The molecule has 5 rings (SSSR count). The average Bonchev–Trinajstić information content (AvgIpc) is 2.99. The van der Waals surface area contributed by atoms with Gasteiger partial charge in [-0.2, -0.15) is 0 Å². The van der Waals surface area contributed by atoms with E-state index in [1.54, 1.807) is 12.3 Å². The average molecular weight is 405 g/mol. The quantitative estimate of drug-likeness (QED) is 0.501. The summed E-state index contributed by atoms with van der Waals surface area (Å²) in [4.78, 5) is 11.6. The fourth-order valence-corrected chi connectivity index (χ4v) is 4.13. The van der Waals surface area contributed by atoms with Crippen molar-refractivity contribution in [3.63, 3.8) is 0 Å². The second-order valence-corrected chi connectivity index (χ2v) is 7.41. The number of aliphatic hydroxyl groups excluding tert-OH is 1. The van der Waals surface area contributed by atoms with Gasteiger partial charge < -0.3 is 30.4 Å². The minimum absolute atomic E-state index is 0.0561. The Balaban J connectivity index is 1.51. The molecule has 4 heterocycles. The Labute approximate surface area is 162 Å². The van der Waals surface area contributed by atoms with Crippen LogP contribution >= 0.6 is 0 Å². The molecule has 0 amide bonds. The van der Waals surface area contributed by atoms with Gasteiger partial charge in [0.25, 0.3) is 6.43 Å². The Morgan fingerprint density at radius 3 is 2.76 bits per heavy atom. The normalized spacial score (nSPS) is 31.9. The first-order valence-corrected chi connectivity index (χ1v) is 8.85. The van der Waals surface area contributed by atoms with Crippen molar-refractivity contribution in [1.29, 1.82) is 0 Å². The topological polar surface area (TPSA) is 140 Å². The van der Waals surface area contributed by atoms with Crippen LogP contribution in [0.15, 0.2) is 36.9 Å². The number of hydrogen-bond acceptors (Lipinski definition) is 8. The molecular formula is C18H17F2N5O4. The SMILES string of the molecule is Nc1ncnc2c1ccn2[C@@H]1O[C@H]([C@@H](O)c2ccnc(C(F)F)c2)[C@]2(O)C[C@@]12O. The minimum atomic E-state index is -2.81. The van der Waals surface area contributed by atoms with Crippen LogP contribution in [0, 0.1) is 0 Å². The van der Waals surface area contributed by atoms with Crippen molar-refractivity contribution in [3.8, 4) is 0 Å². The highest BCUT2D eigenvalue weighted by atomic mass is 19.3. The van der Waals surface area contributed by atoms with Gasteiger partial charge in [-0.1, -0.05) is 0 Å². The summed E-state index contributed by atoms with van der Waals surface area (Å²) >= 11 is 0. The largest absolute Gasteiger partial charge is 0.386 e. The first-order chi connectivity index (χ1) is 13.8. The maximum Gasteiger partial charge on any atom is 0.280 e. The molecule has 1 saturated heterocycles. The number of rotatable bonds is 4. The van der Waals surface area contributed by atoms with Gasteiger partial charge in [0.1, 0.15) is 46.9 Å². The highest BCUT2D eigenvalue weighted by Gasteiger charge is 2.81. The third-order valence-electron chi connectivity index (χ3n) is 5.77. The van der Waals surface area contributed by atoms with E-state index in [0.717, 1.165) is 12.3 Å². The Bertz CT molecular complexity index is 1110. The van der Waals surface area contributed by atoms with E-state index in [-0.39, 0.29) is 17.8 Å². The molecular weight excluding hydrogens is 388 g/mol. The number of pyridine rings is 1. The number of nitrogens with two attached hydrogens (primary N) is 1. The molecule has 2 aliphatic rings. The van der Waals surface area contributed by atoms with Crippen molar-refractivity contribution in [2.75, 3.05) is 5.73 Å². The molecule has 5 N–H and O–H groups in total. The zero-order valence-electron chi connectivity index (χ0n) is 14.9. The van der Waals surface area contributed by atoms with Gasteiger partial charge in [-0.15, -0.1) is 0 Å². The standard InChI is InChI=1S/C18H17F2N5O4/c19-13(20)10-5-8(1-3-22-10)11(26)12-17(27)6-18(17,28)16(29-12)25-4-2-9-14(21)23-7-24-15(9)25/h1-5,7,11-13,16,26-28H,6H2,(H2,21,23,24)/t11-,12+,16+,17+,18+/m0/s1. The maximum atomic E-state index is 12.9. The minimum Gasteiger partial charge on any atom is -0.386 e. The molecule has 0 spiro atoms. The van der Waals surface area contributed by atoms with E-state index in [9.17, 15) is 24.1 Å². The number of ether oxygens (including phenoxy) is 1. The lowest BCUT2D eigenvalue weighted by molar-refractivity contribution is -0.122. The highest BCUT2D eigenvalue weighted by molar-refractivity contribution is 5.86. The molecule has 3 aromatic heterocycles. The number of nitrogens with zero attached hydrogens (tertiary/aromatic N) is 4. The predicted molar refractivity (Wildman–Crippen MR) is 94.5 cm³/mol. The lowest BCUT2D eigenvalue weighted by Crippen LogP contribution is -2.35. The fourth-order valence-electron chi connectivity index (χ4n) is 4.13. The van der Waals surface area contributed by atoms with Crippen LogP contribution < -0.4 is 5.73 Å². The Morgan fingerprint density at radius 1 is 1.21 bits per heavy atom. The number of alkyl halides is 2. The van der Waals surface area contributed by atoms with Crippen LogP contribution in [0.25, 0.3) is 11.0 Å². The van der Waals surface area contributed by atoms with Gasteiger partial charge in [-0.05, 0) is 23.8 Å². The van der Waals surface area contributed by atoms with Crippen molar-refractivity contribution in [3.05, 3.63) is 48.2 Å². The van der Waals surface area contributed by atoms with E-state index in [0.29, 0.717) is 11.0 Å². The van der Waals surface area contributed by atoms with Crippen LogP contribution in [-0.2, 0) is 4.74 Å². The zero-order chi connectivity index (χ0) is 20.6. The lowest BCUT2D eigenvalue weighted by atomic mass is 9.98. The summed E-state index contributed by atoms with van der Waals surface area (Å²) < 4.78 is 33.2. The number of anilines is 1. The van der Waals surface area contributed by atoms with Gasteiger partial charge in [0.05, 0.1) is 5.39 Å². The van der Waals surface area contributed by atoms with Gasteiger partial charge in [0, 0.05) is 18.8 Å². The summed E-state index contributed by atoms with van der Waals surface area (Å²) in [5.74, 6) is 0.248. The van der Waals surface area contributed by atoms with Crippen LogP contribution in [0.2, 0.25) is 0 Å². The molecule has 0 bridgehead atoms. The predicted octanol–water partition coefficient (Wildman–Crippen LogP) is 0.843. The van der Waals surface area contributed by atoms with E-state index >= 15 is 0 Å². The molecule has 152 valence electrons. The summed E-state index contributed by atoms with van der Waals surface area (Å²) in [5, 5.41) is 33.2. The monoisotopic (exact) mass is 405 g/mol. The van der Waals surface area contributed by atoms with Crippen molar-refractivity contribution in [2.45, 2.75) is 42.5 Å². The van der Waals surface area contributed by atoms with Crippen LogP contribution in [-0.4, -0.2) is 52.1 Å². The molecule has 1 saturated carbocycles. The summed E-state index contributed by atoms with van der Waals surface area (Å²) in [6.45, 7) is 0. The molecule has 9 nitrogen and oxygen atoms in total. The van der Waals surface area contributed by atoms with Crippen LogP contribution in [0.4, 0.5) is 14.6 Å². The summed E-state index contributed by atoms with van der Waals surface area (Å²) in [5.41, 5.74) is 2.41. The molecule has 1 aliphatic carbocycles.